The van der Waals surface area contributed by atoms with E-state index < -0.39 is 0 Å². The van der Waals surface area contributed by atoms with Crippen LogP contribution in [-0.4, -0.2) is 18.6 Å². The fourth-order valence-corrected chi connectivity index (χ4v) is 1.57. The molecule has 4 N–H and O–H groups in total. The Labute approximate surface area is 99.4 Å². The second kappa shape index (κ2) is 4.88. The van der Waals surface area contributed by atoms with Crippen molar-refractivity contribution in [1.29, 1.82) is 0 Å². The lowest BCUT2D eigenvalue weighted by molar-refractivity contribution is 0.417. The molecule has 17 heavy (non-hydrogen) atoms. The topological polar surface area (TPSA) is 87.3 Å². The molecular weight excluding hydrogens is 218 g/mol. The molecule has 5 nitrogen and oxygen atoms in total. The maximum Gasteiger partial charge on any atom is 0.226 e. The molecule has 0 aliphatic rings. The van der Waals surface area contributed by atoms with Crippen LogP contribution in [0.15, 0.2) is 28.9 Å². The number of aromatic nitrogens is 1. The first kappa shape index (κ1) is 11.5. The number of hydrogen-bond donors (Lipinski definition) is 2. The number of oxazole rings is 1. The number of nitrogens with two attached hydrogens (primary N) is 2. The molecule has 0 saturated heterocycles. The molecule has 0 atom stereocenters. The second-order valence-corrected chi connectivity index (χ2v) is 3.64. The van der Waals surface area contributed by atoms with Gasteiger partial charge in [-0.25, -0.2) is 4.98 Å². The standard InChI is InChI=1S/C12H15N3O2/c1-16-11-3-2-8(6-10(11)14)12-15-9(4-5-13)7-17-12/h2-3,6-7H,4-5,13-14H2,1H3. The van der Waals surface area contributed by atoms with E-state index >= 15 is 0 Å². The molecule has 0 amide bonds. The minimum atomic E-state index is 0.544. The number of benzene rings is 1. The van der Waals surface area contributed by atoms with Crippen molar-refractivity contribution in [2.75, 3.05) is 19.4 Å². The summed E-state index contributed by atoms with van der Waals surface area (Å²) in [6.45, 7) is 0.552. The zero-order chi connectivity index (χ0) is 12.3. The van der Waals surface area contributed by atoms with Gasteiger partial charge >= 0.3 is 0 Å². The summed E-state index contributed by atoms with van der Waals surface area (Å²) in [7, 11) is 1.58. The predicted molar refractivity (Wildman–Crippen MR) is 65.7 cm³/mol. The highest BCUT2D eigenvalue weighted by Gasteiger charge is 2.08. The Morgan fingerprint density at radius 2 is 2.24 bits per heavy atom. The van der Waals surface area contributed by atoms with Crippen LogP contribution < -0.4 is 16.2 Å². The summed E-state index contributed by atoms with van der Waals surface area (Å²) in [5.74, 6) is 1.19. The van der Waals surface area contributed by atoms with Gasteiger partial charge in [-0.1, -0.05) is 0 Å². The second-order valence-electron chi connectivity index (χ2n) is 3.64. The molecule has 0 saturated carbocycles. The molecule has 1 aromatic heterocycles. The quantitative estimate of drug-likeness (QED) is 0.780. The molecule has 0 spiro atoms. The van der Waals surface area contributed by atoms with Crippen LogP contribution in [0.3, 0.4) is 0 Å². The Kier molecular flexibility index (Phi) is 3.30. The minimum absolute atomic E-state index is 0.544. The third-order valence-corrected chi connectivity index (χ3v) is 2.43. The molecule has 1 aromatic carbocycles. The Hall–Kier alpha value is -2.01. The van der Waals surface area contributed by atoms with Gasteiger partial charge in [-0.05, 0) is 24.7 Å². The number of ether oxygens (including phenoxy) is 1. The Balaban J connectivity index is 2.29. The molecular formula is C12H15N3O2. The summed E-state index contributed by atoms with van der Waals surface area (Å²) in [5, 5.41) is 0. The highest BCUT2D eigenvalue weighted by molar-refractivity contribution is 5.65. The van der Waals surface area contributed by atoms with Crippen LogP contribution in [0, 0.1) is 0 Å². The molecule has 0 unspecified atom stereocenters. The summed E-state index contributed by atoms with van der Waals surface area (Å²) < 4.78 is 10.5. The SMILES string of the molecule is COc1ccc(-c2nc(CCN)co2)cc1N. The van der Waals surface area contributed by atoms with Crippen molar-refractivity contribution >= 4 is 5.69 Å². The van der Waals surface area contributed by atoms with E-state index in [2.05, 4.69) is 4.98 Å². The first-order chi connectivity index (χ1) is 8.24. The Morgan fingerprint density at radius 3 is 2.88 bits per heavy atom. The van der Waals surface area contributed by atoms with Crippen molar-refractivity contribution in [2.24, 2.45) is 5.73 Å². The van der Waals surface area contributed by atoms with E-state index in [1.807, 2.05) is 6.07 Å². The van der Waals surface area contributed by atoms with Crippen molar-refractivity contribution in [3.8, 4) is 17.2 Å². The van der Waals surface area contributed by atoms with Crippen LogP contribution in [-0.2, 0) is 6.42 Å². The minimum Gasteiger partial charge on any atom is -0.495 e. The van der Waals surface area contributed by atoms with E-state index in [0.29, 0.717) is 30.3 Å². The number of anilines is 1. The lowest BCUT2D eigenvalue weighted by Crippen LogP contribution is -2.02. The first-order valence-electron chi connectivity index (χ1n) is 5.33. The van der Waals surface area contributed by atoms with Gasteiger partial charge in [0.1, 0.15) is 12.0 Å². The average molecular weight is 233 g/mol. The van der Waals surface area contributed by atoms with Crippen LogP contribution in [0.4, 0.5) is 5.69 Å². The van der Waals surface area contributed by atoms with Gasteiger partial charge in [-0.3, -0.25) is 0 Å². The maximum atomic E-state index is 5.82. The highest BCUT2D eigenvalue weighted by atomic mass is 16.5. The van der Waals surface area contributed by atoms with E-state index in [-0.39, 0.29) is 0 Å². The molecule has 5 heteroatoms. The number of nitrogen functional groups attached to an aromatic ring is 1. The molecule has 0 fully saturated rings. The number of methoxy groups -OCH3 is 1. The Bertz CT molecular complexity index is 508. The third kappa shape index (κ3) is 2.39. The third-order valence-electron chi connectivity index (χ3n) is 2.43. The summed E-state index contributed by atoms with van der Waals surface area (Å²) in [6, 6.07) is 5.42. The summed E-state index contributed by atoms with van der Waals surface area (Å²) >= 11 is 0. The van der Waals surface area contributed by atoms with Crippen molar-refractivity contribution in [1.82, 2.24) is 4.98 Å². The monoisotopic (exact) mass is 233 g/mol. The summed E-state index contributed by atoms with van der Waals surface area (Å²) in [6.07, 6.45) is 2.32. The fourth-order valence-electron chi connectivity index (χ4n) is 1.57. The van der Waals surface area contributed by atoms with Crippen LogP contribution in [0.25, 0.3) is 11.5 Å². The van der Waals surface area contributed by atoms with Gasteiger partial charge in [0.25, 0.3) is 0 Å². The highest BCUT2D eigenvalue weighted by Crippen LogP contribution is 2.27. The Morgan fingerprint density at radius 1 is 1.41 bits per heavy atom. The molecule has 1 heterocycles. The van der Waals surface area contributed by atoms with Gasteiger partial charge in [-0.15, -0.1) is 0 Å². The van der Waals surface area contributed by atoms with E-state index in [4.69, 9.17) is 20.6 Å². The van der Waals surface area contributed by atoms with Crippen molar-refractivity contribution in [3.63, 3.8) is 0 Å². The van der Waals surface area contributed by atoms with Gasteiger partial charge in [0.2, 0.25) is 5.89 Å². The predicted octanol–water partition coefficient (Wildman–Crippen LogP) is 1.43. The number of rotatable bonds is 4. The molecule has 0 aliphatic carbocycles. The first-order valence-corrected chi connectivity index (χ1v) is 5.33. The van der Waals surface area contributed by atoms with Crippen molar-refractivity contribution in [3.05, 3.63) is 30.2 Å². The van der Waals surface area contributed by atoms with E-state index in [0.717, 1.165) is 11.3 Å². The number of hydrogen-bond acceptors (Lipinski definition) is 5. The maximum absolute atomic E-state index is 5.82. The van der Waals surface area contributed by atoms with Crippen LogP contribution >= 0.6 is 0 Å². The lowest BCUT2D eigenvalue weighted by atomic mass is 10.2. The molecule has 0 radical (unpaired) electrons. The van der Waals surface area contributed by atoms with Crippen LogP contribution in [0.5, 0.6) is 5.75 Å². The average Bonchev–Trinajstić information content (AvgIpc) is 2.78. The van der Waals surface area contributed by atoms with Crippen LogP contribution in [0.2, 0.25) is 0 Å². The van der Waals surface area contributed by atoms with Crippen molar-refractivity contribution < 1.29 is 9.15 Å². The van der Waals surface area contributed by atoms with E-state index in [1.54, 1.807) is 25.5 Å². The molecule has 0 bridgehead atoms. The molecule has 2 aromatic rings. The largest absolute Gasteiger partial charge is 0.495 e. The van der Waals surface area contributed by atoms with Gasteiger partial charge < -0.3 is 20.6 Å². The summed E-state index contributed by atoms with van der Waals surface area (Å²) in [4.78, 5) is 4.32. The lowest BCUT2D eigenvalue weighted by Gasteiger charge is -2.04. The van der Waals surface area contributed by atoms with Crippen molar-refractivity contribution in [2.45, 2.75) is 6.42 Å². The number of nitrogens with zero attached hydrogens (tertiary/aromatic N) is 1. The molecule has 2 rings (SSSR count). The van der Waals surface area contributed by atoms with E-state index in [9.17, 15) is 0 Å². The zero-order valence-corrected chi connectivity index (χ0v) is 9.64. The molecule has 90 valence electrons. The van der Waals surface area contributed by atoms with Gasteiger partial charge in [0, 0.05) is 12.0 Å². The van der Waals surface area contributed by atoms with E-state index in [1.165, 1.54) is 0 Å². The van der Waals surface area contributed by atoms with Gasteiger partial charge in [0.15, 0.2) is 0 Å². The molecule has 0 aliphatic heterocycles. The fraction of sp³-hybridized carbons (Fsp3) is 0.250. The van der Waals surface area contributed by atoms with Crippen LogP contribution in [0.1, 0.15) is 5.69 Å². The zero-order valence-electron chi connectivity index (χ0n) is 9.64. The normalized spacial score (nSPS) is 10.5. The summed E-state index contributed by atoms with van der Waals surface area (Å²) in [5.41, 5.74) is 13.5. The smallest absolute Gasteiger partial charge is 0.226 e. The van der Waals surface area contributed by atoms with Gasteiger partial charge in [-0.2, -0.15) is 0 Å². The van der Waals surface area contributed by atoms with Gasteiger partial charge in [0.05, 0.1) is 18.5 Å².